The van der Waals surface area contributed by atoms with Gasteiger partial charge in [0.1, 0.15) is 0 Å². The second-order valence-corrected chi connectivity index (χ2v) is 8.17. The van der Waals surface area contributed by atoms with Crippen LogP contribution in [-0.2, 0) is 16.6 Å². The molecule has 0 aliphatic carbocycles. The third-order valence-corrected chi connectivity index (χ3v) is 5.74. The Hall–Kier alpha value is -2.90. The van der Waals surface area contributed by atoms with Crippen molar-refractivity contribution in [3.05, 3.63) is 72.9 Å². The van der Waals surface area contributed by atoms with Crippen LogP contribution in [-0.4, -0.2) is 25.4 Å². The summed E-state index contributed by atoms with van der Waals surface area (Å²) in [6.45, 7) is 6.68. The topological polar surface area (TPSA) is 80.2 Å². The number of carbonyl (C=O) groups excluding carboxylic acids is 1. The molecule has 2 N–H and O–H groups in total. The number of rotatable bonds is 8. The lowest BCUT2D eigenvalue weighted by molar-refractivity contribution is 0.102. The Kier molecular flexibility index (Phi) is 5.96. The van der Waals surface area contributed by atoms with Crippen molar-refractivity contribution in [2.75, 3.05) is 11.9 Å². The maximum absolute atomic E-state index is 12.6. The molecule has 1 amide bonds. The molecule has 0 saturated carbocycles. The van der Waals surface area contributed by atoms with E-state index in [1.165, 1.54) is 18.2 Å². The predicted octanol–water partition coefficient (Wildman–Crippen LogP) is 3.77. The van der Waals surface area contributed by atoms with Crippen LogP contribution >= 0.6 is 0 Å². The van der Waals surface area contributed by atoms with Gasteiger partial charge in [0.25, 0.3) is 5.91 Å². The number of anilines is 1. The van der Waals surface area contributed by atoms with Gasteiger partial charge in [0.15, 0.2) is 0 Å². The molecular weight excluding hydrogens is 374 g/mol. The van der Waals surface area contributed by atoms with Crippen LogP contribution in [0.1, 0.15) is 23.7 Å². The van der Waals surface area contributed by atoms with E-state index in [0.29, 0.717) is 5.69 Å². The minimum absolute atomic E-state index is 0.0362. The number of amides is 1. The van der Waals surface area contributed by atoms with Gasteiger partial charge >= 0.3 is 0 Å². The fraction of sp³-hybridized carbons (Fsp3) is 0.190. The van der Waals surface area contributed by atoms with Crippen molar-refractivity contribution in [1.82, 2.24) is 9.29 Å². The van der Waals surface area contributed by atoms with E-state index >= 15 is 0 Å². The van der Waals surface area contributed by atoms with E-state index < -0.39 is 10.0 Å². The highest BCUT2D eigenvalue weighted by atomic mass is 32.2. The van der Waals surface area contributed by atoms with Gasteiger partial charge in [-0.3, -0.25) is 4.79 Å². The van der Waals surface area contributed by atoms with Gasteiger partial charge in [-0.15, -0.1) is 6.58 Å². The molecule has 3 aromatic rings. The van der Waals surface area contributed by atoms with Crippen molar-refractivity contribution >= 4 is 32.5 Å². The van der Waals surface area contributed by atoms with Crippen LogP contribution in [0.5, 0.6) is 0 Å². The predicted molar refractivity (Wildman–Crippen MR) is 112 cm³/mol. The summed E-state index contributed by atoms with van der Waals surface area (Å²) in [7, 11) is -3.69. The lowest BCUT2D eigenvalue weighted by atomic mass is 10.2. The van der Waals surface area contributed by atoms with E-state index in [2.05, 4.69) is 28.1 Å². The first-order chi connectivity index (χ1) is 13.4. The van der Waals surface area contributed by atoms with E-state index in [4.69, 9.17) is 0 Å². The fourth-order valence-corrected chi connectivity index (χ4v) is 4.02. The quantitative estimate of drug-likeness (QED) is 0.568. The van der Waals surface area contributed by atoms with Gasteiger partial charge < -0.3 is 9.88 Å². The molecule has 0 fully saturated rings. The molecule has 0 atom stereocenters. The van der Waals surface area contributed by atoms with Gasteiger partial charge in [0, 0.05) is 41.4 Å². The maximum Gasteiger partial charge on any atom is 0.255 e. The van der Waals surface area contributed by atoms with E-state index in [0.717, 1.165) is 23.9 Å². The first-order valence-corrected chi connectivity index (χ1v) is 10.5. The molecule has 2 aromatic carbocycles. The largest absolute Gasteiger partial charge is 0.347 e. The van der Waals surface area contributed by atoms with E-state index in [9.17, 15) is 13.2 Å². The Morgan fingerprint density at radius 3 is 2.75 bits per heavy atom. The molecule has 7 heteroatoms. The standard InChI is InChI=1S/C21H23N3O3S/c1-3-11-22-28(26,27)19-7-5-6-17(15-19)21(25)23-18-8-9-20-16(14-18)10-13-24(20)12-4-2/h3,5-10,13-15,22H,1,4,11-12H2,2H3,(H,23,25). The van der Waals surface area contributed by atoms with Gasteiger partial charge in [-0.2, -0.15) is 0 Å². The van der Waals surface area contributed by atoms with Gasteiger partial charge in [-0.1, -0.05) is 19.1 Å². The smallest absolute Gasteiger partial charge is 0.255 e. The molecule has 6 nitrogen and oxygen atoms in total. The van der Waals surface area contributed by atoms with E-state index in [1.807, 2.05) is 30.5 Å². The van der Waals surface area contributed by atoms with E-state index in [-0.39, 0.29) is 22.9 Å². The Balaban J connectivity index is 1.80. The number of carbonyl (C=O) groups is 1. The lowest BCUT2D eigenvalue weighted by Crippen LogP contribution is -2.24. The van der Waals surface area contributed by atoms with Crippen LogP contribution in [0.2, 0.25) is 0 Å². The highest BCUT2D eigenvalue weighted by molar-refractivity contribution is 7.89. The summed E-state index contributed by atoms with van der Waals surface area (Å²) in [5, 5.41) is 3.87. The highest BCUT2D eigenvalue weighted by Gasteiger charge is 2.15. The molecule has 0 saturated heterocycles. The number of sulfonamides is 1. The first-order valence-electron chi connectivity index (χ1n) is 9.05. The number of aromatic nitrogens is 1. The fourth-order valence-electron chi connectivity index (χ4n) is 2.97. The monoisotopic (exact) mass is 397 g/mol. The minimum atomic E-state index is -3.69. The molecule has 1 heterocycles. The summed E-state index contributed by atoms with van der Waals surface area (Å²) in [4.78, 5) is 12.6. The third kappa shape index (κ3) is 4.32. The number of benzene rings is 2. The Labute approximate surface area is 164 Å². The zero-order valence-corrected chi connectivity index (χ0v) is 16.5. The second kappa shape index (κ2) is 8.41. The number of aryl methyl sites for hydroxylation is 1. The zero-order chi connectivity index (χ0) is 20.1. The summed E-state index contributed by atoms with van der Waals surface area (Å²) >= 11 is 0. The molecule has 146 valence electrons. The molecule has 0 spiro atoms. The van der Waals surface area contributed by atoms with Crippen LogP contribution < -0.4 is 10.0 Å². The molecule has 0 bridgehead atoms. The summed E-state index contributed by atoms with van der Waals surface area (Å²) < 4.78 is 29.0. The van der Waals surface area contributed by atoms with Crippen LogP contribution in [0.4, 0.5) is 5.69 Å². The van der Waals surface area contributed by atoms with Crippen LogP contribution in [0, 0.1) is 0 Å². The SMILES string of the molecule is C=CCNS(=O)(=O)c1cccc(C(=O)Nc2ccc3c(ccn3CCC)c2)c1. The Bertz CT molecular complexity index is 1120. The van der Waals surface area contributed by atoms with Crippen LogP contribution in [0.25, 0.3) is 10.9 Å². The molecule has 0 radical (unpaired) electrons. The van der Waals surface area contributed by atoms with Crippen molar-refractivity contribution in [1.29, 1.82) is 0 Å². The Morgan fingerprint density at radius 1 is 1.18 bits per heavy atom. The van der Waals surface area contributed by atoms with Crippen molar-refractivity contribution in [3.8, 4) is 0 Å². The highest BCUT2D eigenvalue weighted by Crippen LogP contribution is 2.22. The number of nitrogens with zero attached hydrogens (tertiary/aromatic N) is 1. The van der Waals surface area contributed by atoms with Gasteiger partial charge in [-0.25, -0.2) is 13.1 Å². The summed E-state index contributed by atoms with van der Waals surface area (Å²) in [5.41, 5.74) is 2.04. The second-order valence-electron chi connectivity index (χ2n) is 6.41. The van der Waals surface area contributed by atoms with Crippen molar-refractivity contribution in [3.63, 3.8) is 0 Å². The van der Waals surface area contributed by atoms with E-state index in [1.54, 1.807) is 12.1 Å². The Morgan fingerprint density at radius 2 is 2.00 bits per heavy atom. The molecule has 28 heavy (non-hydrogen) atoms. The maximum atomic E-state index is 12.6. The lowest BCUT2D eigenvalue weighted by Gasteiger charge is -2.09. The normalized spacial score (nSPS) is 11.5. The number of hydrogen-bond acceptors (Lipinski definition) is 3. The summed E-state index contributed by atoms with van der Waals surface area (Å²) in [6.07, 6.45) is 4.53. The molecule has 0 unspecified atom stereocenters. The molecular formula is C21H23N3O3S. The molecule has 1 aromatic heterocycles. The molecule has 0 aliphatic rings. The van der Waals surface area contributed by atoms with Gasteiger partial charge in [-0.05, 0) is 48.9 Å². The van der Waals surface area contributed by atoms with Crippen LogP contribution in [0.3, 0.4) is 0 Å². The first kappa shape index (κ1) is 19.9. The van der Waals surface area contributed by atoms with Crippen molar-refractivity contribution in [2.24, 2.45) is 0 Å². The number of hydrogen-bond donors (Lipinski definition) is 2. The van der Waals surface area contributed by atoms with Crippen molar-refractivity contribution in [2.45, 2.75) is 24.8 Å². The van der Waals surface area contributed by atoms with Gasteiger partial charge in [0.05, 0.1) is 4.90 Å². The third-order valence-electron chi connectivity index (χ3n) is 4.32. The average molecular weight is 398 g/mol. The molecule has 0 aliphatic heterocycles. The average Bonchev–Trinajstić information content (AvgIpc) is 3.09. The summed E-state index contributed by atoms with van der Waals surface area (Å²) in [5.74, 6) is -0.367. The minimum Gasteiger partial charge on any atom is -0.347 e. The zero-order valence-electron chi connectivity index (χ0n) is 15.7. The van der Waals surface area contributed by atoms with Crippen molar-refractivity contribution < 1.29 is 13.2 Å². The summed E-state index contributed by atoms with van der Waals surface area (Å²) in [6, 6.07) is 13.7. The van der Waals surface area contributed by atoms with Crippen LogP contribution in [0.15, 0.2) is 72.3 Å². The number of fused-ring (bicyclic) bond motifs is 1. The van der Waals surface area contributed by atoms with Gasteiger partial charge in [0.2, 0.25) is 10.0 Å². The number of nitrogens with one attached hydrogen (secondary N) is 2. The molecule has 3 rings (SSSR count).